The number of anilines is 2. The van der Waals surface area contributed by atoms with Gasteiger partial charge in [0.2, 0.25) is 11.7 Å². The second-order valence-electron chi connectivity index (χ2n) is 10.7. The number of halogens is 1. The molecule has 8 atom stereocenters. The van der Waals surface area contributed by atoms with Crippen molar-refractivity contribution in [1.82, 2.24) is 39.0 Å². The molecule has 20 nitrogen and oxygen atoms in total. The smallest absolute Gasteiger partial charge is 0.327 e. The Kier molecular flexibility index (Phi) is 7.58. The first kappa shape index (κ1) is 32.5. The summed E-state index contributed by atoms with van der Waals surface area (Å²) in [7, 11) is 0. The Morgan fingerprint density at radius 3 is 2.57 bits per heavy atom. The molecule has 2 bridgehead atoms. The lowest BCUT2D eigenvalue weighted by atomic mass is 9.93. The Morgan fingerprint density at radius 2 is 1.81 bits per heavy atom. The van der Waals surface area contributed by atoms with E-state index in [1.165, 1.54) is 0 Å². The van der Waals surface area contributed by atoms with Crippen LogP contribution in [0.25, 0.3) is 22.3 Å². The van der Waals surface area contributed by atoms with Crippen LogP contribution < -0.4 is 17.0 Å². The summed E-state index contributed by atoms with van der Waals surface area (Å²) in [6.45, 7) is -12.0. The fourth-order valence-electron chi connectivity index (χ4n) is 5.61. The minimum Gasteiger partial charge on any atom is -0.382 e. The Bertz CT molecular complexity index is 2130. The van der Waals surface area contributed by atoms with Gasteiger partial charge in [0.25, 0.3) is 5.56 Å². The Morgan fingerprint density at radius 1 is 1.06 bits per heavy atom. The zero-order chi connectivity index (χ0) is 33.6. The second kappa shape index (κ2) is 11.0. The highest BCUT2D eigenvalue weighted by Crippen LogP contribution is 2.58. The van der Waals surface area contributed by atoms with E-state index >= 15 is 4.39 Å². The van der Waals surface area contributed by atoms with Gasteiger partial charge in [0.15, 0.2) is 46.2 Å². The van der Waals surface area contributed by atoms with Gasteiger partial charge in [-0.05, 0) is 23.6 Å². The molecule has 3 aliphatic rings. The van der Waals surface area contributed by atoms with Gasteiger partial charge in [0.1, 0.15) is 24.6 Å². The summed E-state index contributed by atoms with van der Waals surface area (Å²) >= 11 is 10.5. The summed E-state index contributed by atoms with van der Waals surface area (Å²) in [6.07, 6.45) is 3.57. The molecule has 0 saturated carbocycles. The summed E-state index contributed by atoms with van der Waals surface area (Å²) in [6, 6.07) is 0. The van der Waals surface area contributed by atoms with E-state index in [2.05, 4.69) is 35.8 Å². The van der Waals surface area contributed by atoms with E-state index < -0.39 is 80.9 Å². The van der Waals surface area contributed by atoms with E-state index in [1.54, 1.807) is 0 Å². The van der Waals surface area contributed by atoms with E-state index in [1.807, 2.05) is 0 Å². The summed E-state index contributed by atoms with van der Waals surface area (Å²) in [5.41, 5.74) is 3.68. The molecule has 47 heavy (non-hydrogen) atoms. The minimum absolute atomic E-state index is 0.00896. The number of nitrogens with two attached hydrogens (primary N) is 2. The molecule has 3 fully saturated rings. The van der Waals surface area contributed by atoms with Crippen molar-refractivity contribution in [2.24, 2.45) is 0 Å². The first-order valence-electron chi connectivity index (χ1n) is 13.2. The third-order valence-electron chi connectivity index (χ3n) is 7.86. The zero-order valence-electron chi connectivity index (χ0n) is 23.4. The van der Waals surface area contributed by atoms with Crippen molar-refractivity contribution in [3.63, 3.8) is 0 Å². The molecule has 0 aliphatic carbocycles. The molecule has 2 unspecified atom stereocenters. The molecule has 4 aromatic heterocycles. The molecule has 0 amide bonds. The second-order valence-corrected chi connectivity index (χ2v) is 16.2. The van der Waals surface area contributed by atoms with Gasteiger partial charge in [-0.1, -0.05) is 5.92 Å². The van der Waals surface area contributed by atoms with Gasteiger partial charge in [0.05, 0.1) is 32.5 Å². The molecular formula is C22H23FN10O10P2S2. The molecule has 0 radical (unpaired) electrons. The lowest BCUT2D eigenvalue weighted by Crippen LogP contribution is -2.54. The average Bonchev–Trinajstić information content (AvgIpc) is 3.77. The van der Waals surface area contributed by atoms with Crippen LogP contribution in [-0.2, 0) is 62.6 Å². The number of aromatic amines is 1. The molecule has 7 heterocycles. The van der Waals surface area contributed by atoms with Crippen molar-refractivity contribution < 1.29 is 46.9 Å². The van der Waals surface area contributed by atoms with Crippen LogP contribution in [0.3, 0.4) is 0 Å². The number of hydrogen-bond acceptors (Lipinski definition) is 17. The van der Waals surface area contributed by atoms with E-state index in [-0.39, 0.29) is 34.1 Å². The predicted molar refractivity (Wildman–Crippen MR) is 163 cm³/mol. The van der Waals surface area contributed by atoms with Crippen LogP contribution in [-0.4, -0.2) is 104 Å². The monoisotopic (exact) mass is 732 g/mol. The fraction of sp³-hybridized carbons (Fsp3) is 0.455. The van der Waals surface area contributed by atoms with Gasteiger partial charge in [-0.15, -0.1) is 6.42 Å². The molecule has 4 aromatic rings. The Labute approximate surface area is 271 Å². The van der Waals surface area contributed by atoms with E-state index in [0.717, 1.165) is 28.1 Å². The number of aliphatic hydroxyl groups is 1. The third-order valence-corrected chi connectivity index (χ3v) is 10.9. The van der Waals surface area contributed by atoms with Crippen LogP contribution in [0, 0.1) is 12.3 Å². The third kappa shape index (κ3) is 5.08. The molecule has 0 spiro atoms. The van der Waals surface area contributed by atoms with Crippen LogP contribution in [0.2, 0.25) is 0 Å². The first-order valence-corrected chi connectivity index (χ1v) is 18.4. The first-order chi connectivity index (χ1) is 22.1. The summed E-state index contributed by atoms with van der Waals surface area (Å²) in [4.78, 5) is 57.5. The maximum Gasteiger partial charge on any atom is 0.327 e. The Balaban J connectivity index is 1.33. The van der Waals surface area contributed by atoms with Gasteiger partial charge in [0, 0.05) is 0 Å². The Hall–Kier alpha value is -3.07. The van der Waals surface area contributed by atoms with E-state index in [4.69, 9.17) is 69.1 Å². The van der Waals surface area contributed by atoms with Crippen molar-refractivity contribution >= 4 is 71.1 Å². The van der Waals surface area contributed by atoms with Gasteiger partial charge in [-0.2, -0.15) is 4.98 Å². The van der Waals surface area contributed by atoms with Crippen molar-refractivity contribution in [3.05, 3.63) is 29.3 Å². The van der Waals surface area contributed by atoms with Gasteiger partial charge in [-0.3, -0.25) is 28.0 Å². The number of alkyl halides is 1. The van der Waals surface area contributed by atoms with Gasteiger partial charge in [-0.25, -0.2) is 24.3 Å². The number of nitrogen functional groups attached to an aromatic ring is 2. The lowest BCUT2D eigenvalue weighted by Gasteiger charge is -2.37. The predicted octanol–water partition coefficient (Wildman–Crippen LogP) is -1.56. The topological polar surface area (TPSA) is 275 Å². The van der Waals surface area contributed by atoms with Crippen LogP contribution >= 0.6 is 13.4 Å². The minimum atomic E-state index is -4.60. The van der Waals surface area contributed by atoms with Crippen LogP contribution in [0.5, 0.6) is 0 Å². The van der Waals surface area contributed by atoms with Crippen LogP contribution in [0.4, 0.5) is 16.2 Å². The summed E-state index contributed by atoms with van der Waals surface area (Å²) in [5.74, 6) is 1.99. The number of terminal acetylenes is 1. The molecule has 8 N–H and O–H groups in total. The standard InChI is InChI=1S/C22H23FN10O10P2S2/c1-2-20-4-41-45(37,47)43-22(33-9-29-12-16(33)30-19(25)31-17(12)34)6-38-10(13(22)23)3-40-44(36,46)42-18(20)21(35,5-39-20)32-8-28-11-14(24)26-7-27-15(11)32/h1,7-10,13,18,35H,3-6H2,(H,36,46)(H,37,47)(H2,24,26,27)(H3,25,30,31,34)/t10-,13+,18-,20-,21-,22+,44?,45?/m1/s1. The molecule has 250 valence electrons. The number of fused-ring (bicyclic) bond motifs is 5. The number of H-pyrrole nitrogens is 1. The number of nitrogens with one attached hydrogen (secondary N) is 1. The van der Waals surface area contributed by atoms with Gasteiger partial charge < -0.3 is 44.9 Å². The molecule has 25 heteroatoms. The number of rotatable bonds is 2. The molecule has 3 saturated heterocycles. The number of imidazole rings is 2. The van der Waals surface area contributed by atoms with E-state index in [0.29, 0.717) is 0 Å². The quantitative estimate of drug-likeness (QED) is 0.100. The highest BCUT2D eigenvalue weighted by Gasteiger charge is 2.64. The van der Waals surface area contributed by atoms with Crippen molar-refractivity contribution in [2.75, 3.05) is 37.9 Å². The molecule has 0 aromatic carbocycles. The molecular weight excluding hydrogens is 709 g/mol. The zero-order valence-corrected chi connectivity index (χ0v) is 26.9. The van der Waals surface area contributed by atoms with Gasteiger partial charge >= 0.3 is 13.4 Å². The molecule has 3 aliphatic heterocycles. The maximum atomic E-state index is 16.5. The highest BCUT2D eigenvalue weighted by atomic mass is 32.5. The van der Waals surface area contributed by atoms with Crippen molar-refractivity contribution in [3.8, 4) is 12.3 Å². The van der Waals surface area contributed by atoms with Crippen molar-refractivity contribution in [1.29, 1.82) is 0 Å². The number of aromatic nitrogens is 8. The summed E-state index contributed by atoms with van der Waals surface area (Å²) in [5, 5.41) is 12.1. The normalized spacial score (nSPS) is 38.0. The molecule has 7 rings (SSSR count). The number of hydrogen-bond donors (Lipinski definition) is 6. The van der Waals surface area contributed by atoms with Crippen molar-refractivity contribution in [2.45, 2.75) is 35.4 Å². The number of ether oxygens (including phenoxy) is 2. The van der Waals surface area contributed by atoms with E-state index in [9.17, 15) is 19.7 Å². The lowest BCUT2D eigenvalue weighted by molar-refractivity contribution is -0.112. The largest absolute Gasteiger partial charge is 0.382 e. The van der Waals surface area contributed by atoms with Crippen LogP contribution in [0.1, 0.15) is 0 Å². The fourth-order valence-corrected chi connectivity index (χ4v) is 8.65. The summed E-state index contributed by atoms with van der Waals surface area (Å²) < 4.78 is 52.9. The highest BCUT2D eigenvalue weighted by molar-refractivity contribution is 8.07. The van der Waals surface area contributed by atoms with Crippen LogP contribution in [0.15, 0.2) is 23.8 Å². The maximum absolute atomic E-state index is 16.5. The SMILES string of the molecule is C#C[C@@]12COP(O)(=S)O[C@@]3(n4cnc5c(=O)[nH]c(N)nc54)CO[C@H](COP(O)(=S)O[C@H]1[C@@](O)(n1cnc4c(N)ncnc41)CO2)[C@@H]3F. The number of nitrogens with zero attached hydrogens (tertiary/aromatic N) is 7. The average molecular weight is 733 g/mol.